The van der Waals surface area contributed by atoms with Crippen molar-refractivity contribution >= 4 is 10.0 Å². The van der Waals surface area contributed by atoms with Gasteiger partial charge in [-0.1, -0.05) is 13.8 Å². The predicted molar refractivity (Wildman–Crippen MR) is 72.3 cm³/mol. The summed E-state index contributed by atoms with van der Waals surface area (Å²) in [5.74, 6) is 0.317. The number of rotatable bonds is 4. The fourth-order valence-electron chi connectivity index (χ4n) is 1.82. The summed E-state index contributed by atoms with van der Waals surface area (Å²) in [6.45, 7) is 4.15. The average Bonchev–Trinajstić information content (AvgIpc) is 2.72. The first-order valence-corrected chi connectivity index (χ1v) is 7.49. The number of H-pyrrole nitrogens is 1. The molecule has 3 N–H and O–H groups in total. The molecular formula is C11H15N5O3S. The van der Waals surface area contributed by atoms with E-state index in [4.69, 9.17) is 5.14 Å². The van der Waals surface area contributed by atoms with Crippen LogP contribution in [0.2, 0.25) is 0 Å². The zero-order valence-electron chi connectivity index (χ0n) is 11.1. The van der Waals surface area contributed by atoms with Gasteiger partial charge in [-0.3, -0.25) is 9.36 Å². The summed E-state index contributed by atoms with van der Waals surface area (Å²) < 4.78 is 24.4. The summed E-state index contributed by atoms with van der Waals surface area (Å²) in [6, 6.07) is 1.33. The Hall–Kier alpha value is -2.00. The van der Waals surface area contributed by atoms with Gasteiger partial charge in [0.25, 0.3) is 15.2 Å². The maximum Gasteiger partial charge on any atom is 0.273 e. The molecule has 9 heteroatoms. The molecule has 0 fully saturated rings. The lowest BCUT2D eigenvalue weighted by Crippen LogP contribution is -2.21. The number of primary sulfonamides is 1. The van der Waals surface area contributed by atoms with Crippen LogP contribution in [-0.2, 0) is 16.6 Å². The maximum absolute atomic E-state index is 11.8. The Balaban J connectivity index is 2.69. The molecule has 2 aromatic heterocycles. The minimum atomic E-state index is -4.00. The molecule has 2 heterocycles. The van der Waals surface area contributed by atoms with Gasteiger partial charge in [0.15, 0.2) is 11.3 Å². The third kappa shape index (κ3) is 2.78. The minimum absolute atomic E-state index is 0.132. The number of hydrogen-bond donors (Lipinski definition) is 2. The lowest BCUT2D eigenvalue weighted by molar-refractivity contribution is 0.486. The molecule has 0 aliphatic heterocycles. The number of pyridine rings is 1. The van der Waals surface area contributed by atoms with Crippen LogP contribution in [0.3, 0.4) is 0 Å². The fraction of sp³-hybridized carbons (Fsp3) is 0.364. The van der Waals surface area contributed by atoms with E-state index >= 15 is 0 Å². The van der Waals surface area contributed by atoms with E-state index in [1.54, 1.807) is 0 Å². The highest BCUT2D eigenvalue weighted by Gasteiger charge is 2.23. The van der Waals surface area contributed by atoms with Crippen LogP contribution in [0.15, 0.2) is 28.4 Å². The molecule has 0 unspecified atom stereocenters. The quantitative estimate of drug-likeness (QED) is 0.818. The Kier molecular flexibility index (Phi) is 3.73. The van der Waals surface area contributed by atoms with Gasteiger partial charge in [-0.05, 0) is 5.92 Å². The number of nitrogens with one attached hydrogen (secondary N) is 1. The van der Waals surface area contributed by atoms with Crippen LogP contribution in [0.4, 0.5) is 0 Å². The van der Waals surface area contributed by atoms with Crippen molar-refractivity contribution in [2.24, 2.45) is 11.1 Å². The van der Waals surface area contributed by atoms with Crippen LogP contribution in [0, 0.1) is 5.92 Å². The number of nitrogens with two attached hydrogens (primary N) is 1. The minimum Gasteiger partial charge on any atom is -0.367 e. The van der Waals surface area contributed by atoms with E-state index in [9.17, 15) is 13.2 Å². The third-order valence-corrected chi connectivity index (χ3v) is 3.40. The summed E-state index contributed by atoms with van der Waals surface area (Å²) in [7, 11) is -4.00. The fourth-order valence-corrected chi connectivity index (χ4v) is 2.44. The van der Waals surface area contributed by atoms with E-state index in [1.165, 1.54) is 23.0 Å². The lowest BCUT2D eigenvalue weighted by Gasteiger charge is -2.11. The van der Waals surface area contributed by atoms with E-state index in [1.807, 2.05) is 13.8 Å². The Labute approximate surface area is 115 Å². The van der Waals surface area contributed by atoms with Crippen LogP contribution >= 0.6 is 0 Å². The van der Waals surface area contributed by atoms with Crippen LogP contribution in [0.25, 0.3) is 11.4 Å². The highest BCUT2D eigenvalue weighted by Crippen LogP contribution is 2.18. The van der Waals surface area contributed by atoms with Gasteiger partial charge in [0, 0.05) is 25.0 Å². The SMILES string of the molecule is CC(C)Cn1c(-c2c[nH]ccc2=O)nnc1S(N)(=O)=O. The molecule has 0 radical (unpaired) electrons. The van der Waals surface area contributed by atoms with Crippen molar-refractivity contribution in [3.05, 3.63) is 28.7 Å². The highest BCUT2D eigenvalue weighted by atomic mass is 32.2. The molecule has 0 aliphatic carbocycles. The van der Waals surface area contributed by atoms with E-state index in [2.05, 4.69) is 15.2 Å². The highest BCUT2D eigenvalue weighted by molar-refractivity contribution is 7.89. The number of aromatic amines is 1. The van der Waals surface area contributed by atoms with Gasteiger partial charge >= 0.3 is 0 Å². The number of hydrogen-bond acceptors (Lipinski definition) is 5. The number of nitrogens with zero attached hydrogens (tertiary/aromatic N) is 3. The Morgan fingerprint density at radius 2 is 2.10 bits per heavy atom. The van der Waals surface area contributed by atoms with Crippen LogP contribution < -0.4 is 10.6 Å². The molecule has 0 amide bonds. The number of sulfonamides is 1. The van der Waals surface area contributed by atoms with Gasteiger partial charge in [-0.2, -0.15) is 0 Å². The topological polar surface area (TPSA) is 124 Å². The van der Waals surface area contributed by atoms with Crippen molar-refractivity contribution in [2.75, 3.05) is 0 Å². The second kappa shape index (κ2) is 5.17. The number of aromatic nitrogens is 4. The summed E-state index contributed by atoms with van der Waals surface area (Å²) in [5.41, 5.74) is -0.0299. The van der Waals surface area contributed by atoms with Crippen molar-refractivity contribution < 1.29 is 8.42 Å². The first-order chi connectivity index (χ1) is 9.30. The van der Waals surface area contributed by atoms with Crippen LogP contribution in [0.5, 0.6) is 0 Å². The molecule has 0 bridgehead atoms. The van der Waals surface area contributed by atoms with Crippen molar-refractivity contribution in [1.29, 1.82) is 0 Å². The van der Waals surface area contributed by atoms with Crippen LogP contribution in [-0.4, -0.2) is 28.2 Å². The molecule has 0 aromatic carbocycles. The molecule has 0 saturated carbocycles. The maximum atomic E-state index is 11.8. The van der Waals surface area contributed by atoms with E-state index in [-0.39, 0.29) is 27.9 Å². The van der Waals surface area contributed by atoms with E-state index in [0.29, 0.717) is 6.54 Å². The molecule has 0 aliphatic rings. The predicted octanol–water partition coefficient (Wildman–Crippen LogP) is -0.0632. The van der Waals surface area contributed by atoms with E-state index in [0.717, 1.165) is 0 Å². The van der Waals surface area contributed by atoms with Crippen molar-refractivity contribution in [2.45, 2.75) is 25.5 Å². The smallest absolute Gasteiger partial charge is 0.273 e. The molecule has 8 nitrogen and oxygen atoms in total. The summed E-state index contributed by atoms with van der Waals surface area (Å²) in [5, 5.41) is 12.2. The molecule has 0 spiro atoms. The average molecular weight is 297 g/mol. The Bertz CT molecular complexity index is 775. The normalized spacial score (nSPS) is 12.0. The monoisotopic (exact) mass is 297 g/mol. The summed E-state index contributed by atoms with van der Waals surface area (Å²) in [6.07, 6.45) is 2.94. The molecule has 20 heavy (non-hydrogen) atoms. The van der Waals surface area contributed by atoms with Gasteiger partial charge in [0.2, 0.25) is 0 Å². The third-order valence-electron chi connectivity index (χ3n) is 2.58. The van der Waals surface area contributed by atoms with E-state index < -0.39 is 10.0 Å². The Morgan fingerprint density at radius 3 is 2.65 bits per heavy atom. The zero-order chi connectivity index (χ0) is 14.9. The van der Waals surface area contributed by atoms with Gasteiger partial charge < -0.3 is 4.98 Å². The van der Waals surface area contributed by atoms with Crippen molar-refractivity contribution in [3.63, 3.8) is 0 Å². The van der Waals surface area contributed by atoms with Crippen molar-refractivity contribution in [3.8, 4) is 11.4 Å². The lowest BCUT2D eigenvalue weighted by atomic mass is 10.2. The molecule has 2 rings (SSSR count). The van der Waals surface area contributed by atoms with Gasteiger partial charge in [0.05, 0.1) is 5.56 Å². The van der Waals surface area contributed by atoms with Gasteiger partial charge in [-0.25, -0.2) is 13.6 Å². The van der Waals surface area contributed by atoms with Crippen LogP contribution in [0.1, 0.15) is 13.8 Å². The zero-order valence-corrected chi connectivity index (χ0v) is 11.9. The molecule has 0 saturated heterocycles. The second-order valence-corrected chi connectivity index (χ2v) is 6.23. The molecule has 2 aromatic rings. The van der Waals surface area contributed by atoms with Gasteiger partial charge in [0.1, 0.15) is 0 Å². The first-order valence-electron chi connectivity index (χ1n) is 5.94. The summed E-state index contributed by atoms with van der Waals surface area (Å²) in [4.78, 5) is 14.6. The van der Waals surface area contributed by atoms with Crippen molar-refractivity contribution in [1.82, 2.24) is 19.7 Å². The second-order valence-electron chi connectivity index (χ2n) is 4.78. The largest absolute Gasteiger partial charge is 0.367 e. The first kappa shape index (κ1) is 14.4. The molecular weight excluding hydrogens is 282 g/mol. The standard InChI is InChI=1S/C11H15N5O3S/c1-7(2)6-16-10(8-5-13-4-3-9(8)17)14-15-11(16)20(12,18)19/h3-5,7H,6H2,1-2H3,(H,13,17)(H2,12,18,19). The molecule has 108 valence electrons. The Morgan fingerprint density at radius 1 is 1.40 bits per heavy atom. The van der Waals surface area contributed by atoms with Gasteiger partial charge in [-0.15, -0.1) is 10.2 Å². The molecule has 0 atom stereocenters. The summed E-state index contributed by atoms with van der Waals surface area (Å²) >= 11 is 0.